The Morgan fingerprint density at radius 3 is 2.85 bits per heavy atom. The monoisotopic (exact) mass is 293 g/mol. The number of nitrogen functional groups attached to an aromatic ring is 1. The van der Waals surface area contributed by atoms with Crippen molar-refractivity contribution in [2.45, 2.75) is 26.4 Å². The molecule has 1 heterocycles. The molecule has 0 spiro atoms. The maximum Gasteiger partial charge on any atom is 0.233 e. The quantitative estimate of drug-likeness (QED) is 0.881. The number of aromatic nitrogens is 3. The molecule has 1 atom stereocenters. The van der Waals surface area contributed by atoms with Gasteiger partial charge in [0.1, 0.15) is 5.75 Å². The van der Waals surface area contributed by atoms with E-state index < -0.39 is 0 Å². The van der Waals surface area contributed by atoms with E-state index in [4.69, 9.17) is 22.1 Å². The Bertz CT molecular complexity index is 572. The molecule has 0 aliphatic carbocycles. The van der Waals surface area contributed by atoms with Crippen molar-refractivity contribution in [2.24, 2.45) is 0 Å². The van der Waals surface area contributed by atoms with Crippen molar-refractivity contribution >= 4 is 29.2 Å². The van der Waals surface area contributed by atoms with Crippen molar-refractivity contribution in [1.29, 1.82) is 0 Å². The maximum absolute atomic E-state index is 5.75. The van der Waals surface area contributed by atoms with Crippen molar-refractivity contribution in [3.05, 3.63) is 29.5 Å². The van der Waals surface area contributed by atoms with Crippen molar-refractivity contribution in [2.75, 3.05) is 11.1 Å². The molecule has 0 aliphatic heterocycles. The summed E-state index contributed by atoms with van der Waals surface area (Å²) in [7, 11) is 0. The summed E-state index contributed by atoms with van der Waals surface area (Å²) in [6, 6.07) is 7.51. The van der Waals surface area contributed by atoms with Gasteiger partial charge in [-0.15, -0.1) is 0 Å². The van der Waals surface area contributed by atoms with Gasteiger partial charge in [-0.25, -0.2) is 0 Å². The van der Waals surface area contributed by atoms with Gasteiger partial charge in [-0.3, -0.25) is 0 Å². The van der Waals surface area contributed by atoms with Crippen LogP contribution in [0.5, 0.6) is 5.75 Å². The van der Waals surface area contributed by atoms with Gasteiger partial charge < -0.3 is 15.8 Å². The summed E-state index contributed by atoms with van der Waals surface area (Å²) >= 11 is 5.73. The zero-order valence-electron chi connectivity index (χ0n) is 11.3. The normalized spacial score (nSPS) is 11.9. The zero-order chi connectivity index (χ0) is 14.5. The molecule has 2 rings (SSSR count). The molecule has 0 radical (unpaired) electrons. The number of benzene rings is 1. The van der Waals surface area contributed by atoms with Gasteiger partial charge in [0.2, 0.25) is 17.2 Å². The van der Waals surface area contributed by atoms with Crippen LogP contribution in [0.2, 0.25) is 5.28 Å². The fraction of sp³-hybridized carbons (Fsp3) is 0.308. The Hall–Kier alpha value is -2.08. The Morgan fingerprint density at radius 1 is 1.35 bits per heavy atom. The van der Waals surface area contributed by atoms with Gasteiger partial charge in [-0.2, -0.15) is 15.0 Å². The van der Waals surface area contributed by atoms with Crippen LogP contribution in [0.15, 0.2) is 24.3 Å². The van der Waals surface area contributed by atoms with E-state index in [1.165, 1.54) is 0 Å². The number of hydrogen-bond acceptors (Lipinski definition) is 6. The first-order valence-corrected chi connectivity index (χ1v) is 6.65. The lowest BCUT2D eigenvalue weighted by molar-refractivity contribution is 0.217. The van der Waals surface area contributed by atoms with Crippen LogP contribution in [0.25, 0.3) is 0 Å². The van der Waals surface area contributed by atoms with E-state index in [1.54, 1.807) is 0 Å². The van der Waals surface area contributed by atoms with Crippen LogP contribution in [0, 0.1) is 0 Å². The Labute approximate surface area is 122 Å². The lowest BCUT2D eigenvalue weighted by atomic mass is 10.3. The molecular formula is C13H16ClN5O. The maximum atomic E-state index is 5.75. The average molecular weight is 294 g/mol. The second kappa shape index (κ2) is 6.38. The van der Waals surface area contributed by atoms with E-state index in [1.807, 2.05) is 31.2 Å². The molecule has 0 saturated carbocycles. The highest BCUT2D eigenvalue weighted by molar-refractivity contribution is 6.28. The van der Waals surface area contributed by atoms with E-state index in [0.717, 1.165) is 17.9 Å². The predicted molar refractivity (Wildman–Crippen MR) is 79.4 cm³/mol. The first-order valence-electron chi connectivity index (χ1n) is 6.27. The van der Waals surface area contributed by atoms with Crippen molar-refractivity contribution in [3.8, 4) is 5.75 Å². The van der Waals surface area contributed by atoms with Crippen LogP contribution in [0.4, 0.5) is 17.6 Å². The van der Waals surface area contributed by atoms with E-state index >= 15 is 0 Å². The van der Waals surface area contributed by atoms with Crippen molar-refractivity contribution in [3.63, 3.8) is 0 Å². The molecule has 3 N–H and O–H groups in total. The van der Waals surface area contributed by atoms with Gasteiger partial charge in [0.05, 0.1) is 6.10 Å². The second-order valence-electron chi connectivity index (χ2n) is 4.28. The first kappa shape index (κ1) is 14.3. The van der Waals surface area contributed by atoms with Crippen LogP contribution in [-0.4, -0.2) is 21.1 Å². The van der Waals surface area contributed by atoms with Gasteiger partial charge in [0.25, 0.3) is 0 Å². The van der Waals surface area contributed by atoms with Crippen LogP contribution in [-0.2, 0) is 0 Å². The largest absolute Gasteiger partial charge is 0.491 e. The van der Waals surface area contributed by atoms with Gasteiger partial charge in [0, 0.05) is 11.8 Å². The number of rotatable bonds is 5. The molecule has 2 aromatic rings. The summed E-state index contributed by atoms with van der Waals surface area (Å²) < 4.78 is 5.75. The Kier molecular flexibility index (Phi) is 4.57. The highest BCUT2D eigenvalue weighted by atomic mass is 35.5. The minimum absolute atomic E-state index is 0.0482. The molecule has 20 heavy (non-hydrogen) atoms. The van der Waals surface area contributed by atoms with Crippen LogP contribution >= 0.6 is 11.6 Å². The highest BCUT2D eigenvalue weighted by Gasteiger charge is 2.05. The molecular weight excluding hydrogens is 278 g/mol. The summed E-state index contributed by atoms with van der Waals surface area (Å²) in [5.41, 5.74) is 6.30. The molecule has 1 aromatic carbocycles. The molecule has 106 valence electrons. The second-order valence-corrected chi connectivity index (χ2v) is 4.61. The fourth-order valence-electron chi connectivity index (χ4n) is 1.51. The highest BCUT2D eigenvalue weighted by Crippen LogP contribution is 2.21. The molecule has 0 saturated heterocycles. The van der Waals surface area contributed by atoms with E-state index in [0.29, 0.717) is 5.95 Å². The fourth-order valence-corrected chi connectivity index (χ4v) is 1.68. The van der Waals surface area contributed by atoms with Gasteiger partial charge in [-0.05, 0) is 37.1 Å². The molecule has 7 heteroatoms. The van der Waals surface area contributed by atoms with E-state index in [-0.39, 0.29) is 17.3 Å². The number of hydrogen-bond donors (Lipinski definition) is 2. The lowest BCUT2D eigenvalue weighted by Gasteiger charge is -2.13. The van der Waals surface area contributed by atoms with Crippen LogP contribution in [0.1, 0.15) is 20.3 Å². The standard InChI is InChI=1S/C13H16ClN5O/c1-3-8(2)20-10-6-4-5-9(7-10)16-13-18-11(14)17-12(15)19-13/h4-8H,3H2,1-2H3,(H3,15,16,17,18,19). The Balaban J connectivity index is 2.15. The van der Waals surface area contributed by atoms with E-state index in [2.05, 4.69) is 27.2 Å². The summed E-state index contributed by atoms with van der Waals surface area (Å²) in [4.78, 5) is 11.6. The first-order chi connectivity index (χ1) is 9.56. The lowest BCUT2D eigenvalue weighted by Crippen LogP contribution is -2.09. The summed E-state index contributed by atoms with van der Waals surface area (Å²) in [5, 5.41) is 3.06. The number of nitrogens with two attached hydrogens (primary N) is 1. The van der Waals surface area contributed by atoms with Crippen molar-refractivity contribution < 1.29 is 4.74 Å². The van der Waals surface area contributed by atoms with Gasteiger partial charge >= 0.3 is 0 Å². The summed E-state index contributed by atoms with van der Waals surface area (Å²) in [6.07, 6.45) is 1.10. The molecule has 0 amide bonds. The van der Waals surface area contributed by atoms with Crippen LogP contribution in [0.3, 0.4) is 0 Å². The number of nitrogens with zero attached hydrogens (tertiary/aromatic N) is 3. The average Bonchev–Trinajstić information content (AvgIpc) is 2.37. The topological polar surface area (TPSA) is 86.0 Å². The van der Waals surface area contributed by atoms with Crippen LogP contribution < -0.4 is 15.8 Å². The minimum atomic E-state index is 0.0482. The molecule has 0 aliphatic rings. The SMILES string of the molecule is CCC(C)Oc1cccc(Nc2nc(N)nc(Cl)n2)c1. The van der Waals surface area contributed by atoms with Gasteiger partial charge in [-0.1, -0.05) is 13.0 Å². The molecule has 6 nitrogen and oxygen atoms in total. The number of anilines is 3. The third kappa shape index (κ3) is 3.96. The number of nitrogens with one attached hydrogen (secondary N) is 1. The van der Waals surface area contributed by atoms with Crippen molar-refractivity contribution in [1.82, 2.24) is 15.0 Å². The van der Waals surface area contributed by atoms with Gasteiger partial charge in [0.15, 0.2) is 0 Å². The third-order valence-corrected chi connectivity index (χ3v) is 2.80. The third-order valence-electron chi connectivity index (χ3n) is 2.63. The number of ether oxygens (including phenoxy) is 1. The molecule has 0 bridgehead atoms. The minimum Gasteiger partial charge on any atom is -0.491 e. The predicted octanol–water partition coefficient (Wildman–Crippen LogP) is 3.03. The summed E-state index contributed by atoms with van der Waals surface area (Å²) in [6.45, 7) is 4.09. The Morgan fingerprint density at radius 2 is 2.15 bits per heavy atom. The summed E-state index contributed by atoms with van der Waals surface area (Å²) in [5.74, 6) is 1.14. The number of halogens is 1. The smallest absolute Gasteiger partial charge is 0.233 e. The molecule has 0 fully saturated rings. The zero-order valence-corrected chi connectivity index (χ0v) is 12.1. The molecule has 1 aromatic heterocycles. The van der Waals surface area contributed by atoms with E-state index in [9.17, 15) is 0 Å². The molecule has 1 unspecified atom stereocenters.